The lowest BCUT2D eigenvalue weighted by molar-refractivity contribution is -0.258. The number of rotatable bonds is 2. The molecule has 0 radical (unpaired) electrons. The summed E-state index contributed by atoms with van der Waals surface area (Å²) in [6.07, 6.45) is -1.21. The minimum atomic E-state index is -0.476. The Hall–Kier alpha value is -0.160. The highest BCUT2D eigenvalue weighted by Crippen LogP contribution is 2.29. The normalized spacial score (nSPS) is 46.4. The summed E-state index contributed by atoms with van der Waals surface area (Å²) >= 11 is 0. The molecule has 1 heterocycles. The van der Waals surface area contributed by atoms with Crippen molar-refractivity contribution in [3.63, 3.8) is 0 Å². The average molecular weight is 190 g/mol. The highest BCUT2D eigenvalue weighted by atomic mass is 16.7. The molecule has 1 rings (SSSR count). The number of hydrogen-bond donors (Lipinski definition) is 2. The molecule has 4 nitrogen and oxygen atoms in total. The second-order valence-electron chi connectivity index (χ2n) is 3.67. The largest absolute Gasteiger partial charge is 0.394 e. The van der Waals surface area contributed by atoms with Gasteiger partial charge in [-0.2, -0.15) is 0 Å². The van der Waals surface area contributed by atoms with Crippen LogP contribution in [0.3, 0.4) is 0 Å². The fourth-order valence-corrected chi connectivity index (χ4v) is 1.76. The fraction of sp³-hybridized carbons (Fsp3) is 1.00. The Morgan fingerprint density at radius 1 is 1.31 bits per heavy atom. The third-order valence-electron chi connectivity index (χ3n) is 2.81. The Morgan fingerprint density at radius 3 is 2.38 bits per heavy atom. The van der Waals surface area contributed by atoms with Crippen molar-refractivity contribution in [1.82, 2.24) is 0 Å². The molecule has 78 valence electrons. The molecular weight excluding hydrogens is 172 g/mol. The smallest absolute Gasteiger partial charge is 0.162 e. The van der Waals surface area contributed by atoms with E-state index in [4.69, 9.17) is 14.6 Å². The molecule has 3 unspecified atom stereocenters. The first-order valence-electron chi connectivity index (χ1n) is 4.59. The standard InChI is InChI=1S/C9H18O4/c1-5-7(4-10)13-9(12-3)6(2)8(5)11/h5-11H,4H2,1-3H3/t5?,6?,7?,8-,9+/m0/s1. The number of aliphatic hydroxyl groups is 2. The Kier molecular flexibility index (Phi) is 3.67. The van der Waals surface area contributed by atoms with Crippen molar-refractivity contribution in [2.24, 2.45) is 11.8 Å². The zero-order valence-electron chi connectivity index (χ0n) is 8.30. The van der Waals surface area contributed by atoms with E-state index in [0.717, 1.165) is 0 Å². The van der Waals surface area contributed by atoms with E-state index < -0.39 is 12.4 Å². The lowest BCUT2D eigenvalue weighted by Crippen LogP contribution is -2.50. The van der Waals surface area contributed by atoms with Gasteiger partial charge in [0.25, 0.3) is 0 Å². The molecule has 1 aliphatic heterocycles. The second-order valence-corrected chi connectivity index (χ2v) is 3.67. The first-order valence-corrected chi connectivity index (χ1v) is 4.59. The second kappa shape index (κ2) is 4.37. The molecule has 0 aromatic heterocycles. The number of methoxy groups -OCH3 is 1. The van der Waals surface area contributed by atoms with E-state index in [2.05, 4.69) is 0 Å². The van der Waals surface area contributed by atoms with Crippen LogP contribution in [0.1, 0.15) is 13.8 Å². The summed E-state index contributed by atoms with van der Waals surface area (Å²) in [5, 5.41) is 18.8. The van der Waals surface area contributed by atoms with Crippen LogP contribution in [0.15, 0.2) is 0 Å². The highest BCUT2D eigenvalue weighted by molar-refractivity contribution is 4.84. The van der Waals surface area contributed by atoms with Crippen molar-refractivity contribution >= 4 is 0 Å². The zero-order valence-corrected chi connectivity index (χ0v) is 8.30. The molecule has 0 bridgehead atoms. The lowest BCUT2D eigenvalue weighted by Gasteiger charge is -2.41. The summed E-state index contributed by atoms with van der Waals surface area (Å²) in [7, 11) is 1.54. The van der Waals surface area contributed by atoms with Crippen LogP contribution in [0.4, 0.5) is 0 Å². The third-order valence-corrected chi connectivity index (χ3v) is 2.81. The minimum absolute atomic E-state index is 0.0496. The molecule has 0 amide bonds. The van der Waals surface area contributed by atoms with Gasteiger partial charge in [0.05, 0.1) is 18.8 Å². The Morgan fingerprint density at radius 2 is 1.92 bits per heavy atom. The van der Waals surface area contributed by atoms with E-state index in [-0.39, 0.29) is 24.5 Å². The summed E-state index contributed by atoms with van der Waals surface area (Å²) < 4.78 is 10.5. The number of ether oxygens (including phenoxy) is 2. The summed E-state index contributed by atoms with van der Waals surface area (Å²) in [6.45, 7) is 3.67. The SMILES string of the molecule is CO[C@@H]1OC(CO)C(C)[C@H](O)C1C. The Bertz CT molecular complexity index is 142. The monoisotopic (exact) mass is 190 g/mol. The van der Waals surface area contributed by atoms with Crippen molar-refractivity contribution in [1.29, 1.82) is 0 Å². The topological polar surface area (TPSA) is 58.9 Å². The molecule has 1 saturated heterocycles. The van der Waals surface area contributed by atoms with Crippen LogP contribution in [-0.2, 0) is 9.47 Å². The predicted molar refractivity (Wildman–Crippen MR) is 47.1 cm³/mol. The van der Waals surface area contributed by atoms with Crippen LogP contribution >= 0.6 is 0 Å². The maximum absolute atomic E-state index is 9.78. The van der Waals surface area contributed by atoms with Gasteiger partial charge in [0.15, 0.2) is 6.29 Å². The summed E-state index contributed by atoms with van der Waals surface area (Å²) in [5.41, 5.74) is 0. The molecule has 1 aliphatic rings. The van der Waals surface area contributed by atoms with Crippen LogP contribution in [0.25, 0.3) is 0 Å². The van der Waals surface area contributed by atoms with Gasteiger partial charge in [-0.3, -0.25) is 0 Å². The van der Waals surface area contributed by atoms with Crippen LogP contribution in [0.5, 0.6) is 0 Å². The van der Waals surface area contributed by atoms with Gasteiger partial charge in [-0.25, -0.2) is 0 Å². The van der Waals surface area contributed by atoms with Crippen molar-refractivity contribution < 1.29 is 19.7 Å². The maximum Gasteiger partial charge on any atom is 0.162 e. The van der Waals surface area contributed by atoms with Crippen LogP contribution in [0, 0.1) is 11.8 Å². The van der Waals surface area contributed by atoms with Crippen molar-refractivity contribution in [2.75, 3.05) is 13.7 Å². The molecule has 13 heavy (non-hydrogen) atoms. The van der Waals surface area contributed by atoms with Gasteiger partial charge in [-0.15, -0.1) is 0 Å². The molecule has 0 saturated carbocycles. The van der Waals surface area contributed by atoms with Gasteiger partial charge in [0.1, 0.15) is 0 Å². The van der Waals surface area contributed by atoms with Gasteiger partial charge >= 0.3 is 0 Å². The van der Waals surface area contributed by atoms with Gasteiger partial charge in [0.2, 0.25) is 0 Å². The van der Waals surface area contributed by atoms with Crippen LogP contribution in [0.2, 0.25) is 0 Å². The van der Waals surface area contributed by atoms with E-state index in [1.54, 1.807) is 0 Å². The molecular formula is C9H18O4. The molecule has 5 atom stereocenters. The molecule has 0 aromatic rings. The van der Waals surface area contributed by atoms with Gasteiger partial charge < -0.3 is 19.7 Å². The summed E-state index contributed by atoms with van der Waals surface area (Å²) in [4.78, 5) is 0. The molecule has 0 aromatic carbocycles. The van der Waals surface area contributed by atoms with E-state index in [0.29, 0.717) is 0 Å². The van der Waals surface area contributed by atoms with Crippen LogP contribution in [-0.4, -0.2) is 42.4 Å². The van der Waals surface area contributed by atoms with Crippen molar-refractivity contribution in [3.05, 3.63) is 0 Å². The fourth-order valence-electron chi connectivity index (χ4n) is 1.76. The Labute approximate surface area is 78.5 Å². The van der Waals surface area contributed by atoms with E-state index in [1.807, 2.05) is 13.8 Å². The Balaban J connectivity index is 2.66. The van der Waals surface area contributed by atoms with Crippen molar-refractivity contribution in [2.45, 2.75) is 32.3 Å². The minimum Gasteiger partial charge on any atom is -0.394 e. The first kappa shape index (κ1) is 10.9. The summed E-state index contributed by atoms with van der Waals surface area (Å²) in [6, 6.07) is 0. The predicted octanol–water partition coefficient (Wildman–Crippen LogP) is -0.0169. The first-order chi connectivity index (χ1) is 6.11. The molecule has 2 N–H and O–H groups in total. The van der Waals surface area contributed by atoms with E-state index in [1.165, 1.54) is 7.11 Å². The lowest BCUT2D eigenvalue weighted by atomic mass is 9.86. The number of hydrogen-bond acceptors (Lipinski definition) is 4. The molecule has 0 spiro atoms. The zero-order chi connectivity index (χ0) is 10.0. The molecule has 4 heteroatoms. The average Bonchev–Trinajstić information content (AvgIpc) is 2.15. The molecule has 1 fully saturated rings. The quantitative estimate of drug-likeness (QED) is 0.642. The highest BCUT2D eigenvalue weighted by Gasteiger charge is 2.40. The van der Waals surface area contributed by atoms with Gasteiger partial charge in [-0.1, -0.05) is 13.8 Å². The number of aliphatic hydroxyl groups excluding tert-OH is 2. The molecule has 0 aliphatic carbocycles. The third kappa shape index (κ3) is 2.02. The maximum atomic E-state index is 9.78. The van der Waals surface area contributed by atoms with E-state index >= 15 is 0 Å². The van der Waals surface area contributed by atoms with Crippen molar-refractivity contribution in [3.8, 4) is 0 Å². The summed E-state index contributed by atoms with van der Waals surface area (Å²) in [5.74, 6) is -0.103. The van der Waals surface area contributed by atoms with Gasteiger partial charge in [0, 0.05) is 18.9 Å². The van der Waals surface area contributed by atoms with E-state index in [9.17, 15) is 5.11 Å². The van der Waals surface area contributed by atoms with Crippen LogP contribution < -0.4 is 0 Å². The van der Waals surface area contributed by atoms with Gasteiger partial charge in [-0.05, 0) is 0 Å².